The van der Waals surface area contributed by atoms with Gasteiger partial charge in [-0.2, -0.15) is 0 Å². The van der Waals surface area contributed by atoms with Crippen LogP contribution in [0.2, 0.25) is 0 Å². The molecule has 2 fully saturated rings. The summed E-state index contributed by atoms with van der Waals surface area (Å²) in [5, 5.41) is 3.28. The predicted octanol–water partition coefficient (Wildman–Crippen LogP) is 1.64. The second-order valence-electron chi connectivity index (χ2n) is 6.54. The lowest BCUT2D eigenvalue weighted by atomic mass is 9.86. The standard InChI is InChI=1S/C15H30N2O3S/c1-3-15(4-2)10-14(7-9-20-15)17-21(18,19)12-13-6-5-8-16-11-13/h13-14,16-17H,3-12H2,1-2H3. The molecular formula is C15H30N2O3S. The Bertz CT molecular complexity index is 415. The highest BCUT2D eigenvalue weighted by molar-refractivity contribution is 7.89. The molecule has 2 N–H and O–H groups in total. The van der Waals surface area contributed by atoms with Gasteiger partial charge in [-0.1, -0.05) is 13.8 Å². The summed E-state index contributed by atoms with van der Waals surface area (Å²) in [7, 11) is -3.19. The molecule has 21 heavy (non-hydrogen) atoms. The van der Waals surface area contributed by atoms with Gasteiger partial charge in [0.15, 0.2) is 0 Å². The van der Waals surface area contributed by atoms with E-state index in [9.17, 15) is 8.42 Å². The highest BCUT2D eigenvalue weighted by Crippen LogP contribution is 2.31. The van der Waals surface area contributed by atoms with E-state index in [1.165, 1.54) is 0 Å². The van der Waals surface area contributed by atoms with Crippen molar-refractivity contribution in [3.63, 3.8) is 0 Å². The third kappa shape index (κ3) is 4.91. The lowest BCUT2D eigenvalue weighted by molar-refractivity contribution is -0.0905. The fourth-order valence-electron chi connectivity index (χ4n) is 3.55. The van der Waals surface area contributed by atoms with Gasteiger partial charge in [0, 0.05) is 12.6 Å². The quantitative estimate of drug-likeness (QED) is 0.781. The van der Waals surface area contributed by atoms with Crippen LogP contribution >= 0.6 is 0 Å². The van der Waals surface area contributed by atoms with Gasteiger partial charge in [0.05, 0.1) is 11.4 Å². The predicted molar refractivity (Wildman–Crippen MR) is 84.8 cm³/mol. The molecule has 0 amide bonds. The van der Waals surface area contributed by atoms with Crippen molar-refractivity contribution in [1.29, 1.82) is 0 Å². The average molecular weight is 318 g/mol. The Morgan fingerprint density at radius 1 is 1.29 bits per heavy atom. The molecule has 2 rings (SSSR count). The van der Waals surface area contributed by atoms with E-state index in [0.717, 1.165) is 51.6 Å². The molecule has 2 unspecified atom stereocenters. The number of nitrogens with one attached hydrogen (secondary N) is 2. The Balaban J connectivity index is 1.89. The first-order valence-corrected chi connectivity index (χ1v) is 9.98. The minimum atomic E-state index is -3.19. The first-order valence-electron chi connectivity index (χ1n) is 8.33. The lowest BCUT2D eigenvalue weighted by Gasteiger charge is -2.40. The van der Waals surface area contributed by atoms with E-state index < -0.39 is 10.0 Å². The molecule has 5 nitrogen and oxygen atoms in total. The summed E-state index contributed by atoms with van der Waals surface area (Å²) in [6.07, 6.45) is 5.54. The van der Waals surface area contributed by atoms with Gasteiger partial charge in [-0.3, -0.25) is 0 Å². The van der Waals surface area contributed by atoms with Crippen molar-refractivity contribution in [2.24, 2.45) is 5.92 Å². The average Bonchev–Trinajstić information content (AvgIpc) is 2.47. The lowest BCUT2D eigenvalue weighted by Crippen LogP contribution is -2.49. The van der Waals surface area contributed by atoms with Crippen molar-refractivity contribution in [1.82, 2.24) is 10.0 Å². The number of ether oxygens (including phenoxy) is 1. The van der Waals surface area contributed by atoms with Gasteiger partial charge in [0.2, 0.25) is 10.0 Å². The number of piperidine rings is 1. The maximum Gasteiger partial charge on any atom is 0.212 e. The Hall–Kier alpha value is -0.170. The van der Waals surface area contributed by atoms with E-state index in [1.54, 1.807) is 0 Å². The second kappa shape index (κ2) is 7.40. The monoisotopic (exact) mass is 318 g/mol. The molecule has 0 aliphatic carbocycles. The fourth-order valence-corrected chi connectivity index (χ4v) is 5.26. The topological polar surface area (TPSA) is 67.4 Å². The van der Waals surface area contributed by atoms with Crippen LogP contribution in [0.1, 0.15) is 52.4 Å². The van der Waals surface area contributed by atoms with Crippen LogP contribution in [-0.2, 0) is 14.8 Å². The molecular weight excluding hydrogens is 288 g/mol. The van der Waals surface area contributed by atoms with Gasteiger partial charge in [-0.25, -0.2) is 13.1 Å². The van der Waals surface area contributed by atoms with Crippen molar-refractivity contribution in [3.05, 3.63) is 0 Å². The third-order valence-electron chi connectivity index (χ3n) is 4.98. The first kappa shape index (κ1) is 17.2. The van der Waals surface area contributed by atoms with Crippen LogP contribution in [0.15, 0.2) is 0 Å². The molecule has 0 saturated carbocycles. The zero-order valence-electron chi connectivity index (χ0n) is 13.4. The van der Waals surface area contributed by atoms with Crippen molar-refractivity contribution in [2.75, 3.05) is 25.4 Å². The molecule has 0 aromatic rings. The van der Waals surface area contributed by atoms with Crippen molar-refractivity contribution < 1.29 is 13.2 Å². The van der Waals surface area contributed by atoms with E-state index in [1.807, 2.05) is 0 Å². The number of rotatable bonds is 6. The maximum absolute atomic E-state index is 12.4. The Kier molecular flexibility index (Phi) is 6.05. The van der Waals surface area contributed by atoms with Crippen molar-refractivity contribution >= 4 is 10.0 Å². The fraction of sp³-hybridized carbons (Fsp3) is 1.00. The molecule has 2 aliphatic heterocycles. The van der Waals surface area contributed by atoms with Crippen LogP contribution < -0.4 is 10.0 Å². The number of hydrogen-bond donors (Lipinski definition) is 2. The van der Waals surface area contributed by atoms with Gasteiger partial charge in [-0.15, -0.1) is 0 Å². The third-order valence-corrected chi connectivity index (χ3v) is 6.58. The van der Waals surface area contributed by atoms with Crippen LogP contribution in [0.25, 0.3) is 0 Å². The molecule has 0 radical (unpaired) electrons. The van der Waals surface area contributed by atoms with Gasteiger partial charge in [0.25, 0.3) is 0 Å². The van der Waals surface area contributed by atoms with Crippen molar-refractivity contribution in [2.45, 2.75) is 64.0 Å². The Morgan fingerprint density at radius 3 is 2.67 bits per heavy atom. The van der Waals surface area contributed by atoms with Gasteiger partial charge >= 0.3 is 0 Å². The molecule has 0 spiro atoms. The smallest absolute Gasteiger partial charge is 0.212 e. The van der Waals surface area contributed by atoms with E-state index in [2.05, 4.69) is 23.9 Å². The number of sulfonamides is 1. The molecule has 2 aliphatic rings. The highest BCUT2D eigenvalue weighted by atomic mass is 32.2. The zero-order valence-corrected chi connectivity index (χ0v) is 14.2. The minimum absolute atomic E-state index is 0.0280. The van der Waals surface area contributed by atoms with Crippen LogP contribution in [0.5, 0.6) is 0 Å². The second-order valence-corrected chi connectivity index (χ2v) is 8.34. The summed E-state index contributed by atoms with van der Waals surface area (Å²) in [6.45, 7) is 6.73. The van der Waals surface area contributed by atoms with Crippen LogP contribution in [-0.4, -0.2) is 45.5 Å². The van der Waals surface area contributed by atoms with Crippen molar-refractivity contribution in [3.8, 4) is 0 Å². The normalized spacial score (nSPS) is 30.2. The van der Waals surface area contributed by atoms with Crippen LogP contribution in [0.4, 0.5) is 0 Å². The van der Waals surface area contributed by atoms with Crippen LogP contribution in [0.3, 0.4) is 0 Å². The van der Waals surface area contributed by atoms with E-state index in [4.69, 9.17) is 4.74 Å². The maximum atomic E-state index is 12.4. The Morgan fingerprint density at radius 2 is 2.05 bits per heavy atom. The molecule has 0 bridgehead atoms. The molecule has 124 valence electrons. The summed E-state index contributed by atoms with van der Waals surface area (Å²) in [5.74, 6) is 0.501. The molecule has 2 saturated heterocycles. The molecule has 6 heteroatoms. The number of hydrogen-bond acceptors (Lipinski definition) is 4. The summed E-state index contributed by atoms with van der Waals surface area (Å²) < 4.78 is 33.6. The van der Waals surface area contributed by atoms with E-state index in [0.29, 0.717) is 6.61 Å². The SMILES string of the molecule is CCC1(CC)CC(NS(=O)(=O)CC2CCCNC2)CCO1. The van der Waals surface area contributed by atoms with Gasteiger partial charge in [0.1, 0.15) is 0 Å². The summed E-state index contributed by atoms with van der Waals surface area (Å²) in [5.41, 5.74) is -0.141. The largest absolute Gasteiger partial charge is 0.375 e. The summed E-state index contributed by atoms with van der Waals surface area (Å²) in [6, 6.07) is 0.0280. The molecule has 0 aromatic heterocycles. The van der Waals surface area contributed by atoms with E-state index >= 15 is 0 Å². The zero-order chi connectivity index (χ0) is 15.3. The minimum Gasteiger partial charge on any atom is -0.375 e. The van der Waals surface area contributed by atoms with Crippen LogP contribution in [0, 0.1) is 5.92 Å². The summed E-state index contributed by atoms with van der Waals surface area (Å²) in [4.78, 5) is 0. The molecule has 2 heterocycles. The highest BCUT2D eigenvalue weighted by Gasteiger charge is 2.36. The van der Waals surface area contributed by atoms with Gasteiger partial charge < -0.3 is 10.1 Å². The van der Waals surface area contributed by atoms with E-state index in [-0.39, 0.29) is 23.3 Å². The molecule has 2 atom stereocenters. The molecule has 0 aromatic carbocycles. The van der Waals surface area contributed by atoms with Gasteiger partial charge in [-0.05, 0) is 57.5 Å². The summed E-state index contributed by atoms with van der Waals surface area (Å²) >= 11 is 0. The Labute approximate surface area is 129 Å². The first-order chi connectivity index (χ1) is 9.99.